The molecule has 0 amide bonds. The quantitative estimate of drug-likeness (QED) is 0.327. The van der Waals surface area contributed by atoms with Gasteiger partial charge in [-0.3, -0.25) is 0 Å². The Labute approximate surface area is 208 Å². The highest BCUT2D eigenvalue weighted by molar-refractivity contribution is 14.0. The zero-order chi connectivity index (χ0) is 21.5. The summed E-state index contributed by atoms with van der Waals surface area (Å²) in [6.45, 7) is 10.2. The highest BCUT2D eigenvalue weighted by atomic mass is 127. The van der Waals surface area contributed by atoms with Crippen LogP contribution in [0, 0.1) is 0 Å². The maximum Gasteiger partial charge on any atom is 0.191 e. The maximum atomic E-state index is 5.62. The maximum absolute atomic E-state index is 5.62. The lowest BCUT2D eigenvalue weighted by atomic mass is 10.2. The molecule has 8 heteroatoms. The van der Waals surface area contributed by atoms with E-state index >= 15 is 0 Å². The SMILES string of the molecule is CCNC(=NCc1ccc(N2CCOC(C)C2)nc1)NC1CCN(c2ccccc2)C1.I. The third-order valence-electron chi connectivity index (χ3n) is 5.79. The van der Waals surface area contributed by atoms with Crippen LogP contribution in [0.25, 0.3) is 0 Å². The predicted molar refractivity (Wildman–Crippen MR) is 142 cm³/mol. The molecule has 2 unspecified atom stereocenters. The minimum Gasteiger partial charge on any atom is -0.375 e. The molecule has 7 nitrogen and oxygen atoms in total. The predicted octanol–water partition coefficient (Wildman–Crippen LogP) is 3.26. The number of nitrogens with zero attached hydrogens (tertiary/aromatic N) is 4. The monoisotopic (exact) mass is 550 g/mol. The average molecular weight is 550 g/mol. The minimum absolute atomic E-state index is 0. The molecule has 2 aliphatic rings. The number of rotatable bonds is 6. The van der Waals surface area contributed by atoms with Crippen LogP contribution < -0.4 is 20.4 Å². The first kappa shape index (κ1) is 24.6. The summed E-state index contributed by atoms with van der Waals surface area (Å²) in [5.41, 5.74) is 2.40. The molecule has 0 spiro atoms. The Kier molecular flexibility index (Phi) is 9.40. The lowest BCUT2D eigenvalue weighted by molar-refractivity contribution is 0.0529. The molecule has 2 saturated heterocycles. The smallest absolute Gasteiger partial charge is 0.191 e. The topological polar surface area (TPSA) is 65.0 Å². The molecule has 3 heterocycles. The Hall–Kier alpha value is -2.07. The Morgan fingerprint density at radius 3 is 2.69 bits per heavy atom. The van der Waals surface area contributed by atoms with Crippen molar-refractivity contribution in [2.24, 2.45) is 4.99 Å². The second-order valence-corrected chi connectivity index (χ2v) is 8.26. The van der Waals surface area contributed by atoms with E-state index in [2.05, 4.69) is 81.7 Å². The molecule has 2 aliphatic heterocycles. The van der Waals surface area contributed by atoms with Gasteiger partial charge in [-0.15, -0.1) is 24.0 Å². The molecular formula is C24H35IN6O. The Balaban J connectivity index is 0.00000289. The number of pyridine rings is 1. The van der Waals surface area contributed by atoms with Crippen LogP contribution in [0.5, 0.6) is 0 Å². The van der Waals surface area contributed by atoms with Gasteiger partial charge in [0.05, 0.1) is 19.3 Å². The van der Waals surface area contributed by atoms with Crippen molar-refractivity contribution in [2.45, 2.75) is 39.0 Å². The van der Waals surface area contributed by atoms with E-state index in [4.69, 9.17) is 9.73 Å². The van der Waals surface area contributed by atoms with Gasteiger partial charge >= 0.3 is 0 Å². The van der Waals surface area contributed by atoms with Crippen LogP contribution in [-0.4, -0.2) is 62.4 Å². The van der Waals surface area contributed by atoms with Gasteiger partial charge in [0, 0.05) is 50.6 Å². The van der Waals surface area contributed by atoms with E-state index in [1.165, 1.54) is 5.69 Å². The molecule has 0 bridgehead atoms. The number of hydrogen-bond acceptors (Lipinski definition) is 5. The lowest BCUT2D eigenvalue weighted by Gasteiger charge is -2.32. The van der Waals surface area contributed by atoms with E-state index < -0.39 is 0 Å². The third kappa shape index (κ3) is 6.71. The standard InChI is InChI=1S/C24H34N6O.HI/c1-3-25-24(28-21-11-12-29(18-21)22-7-5-4-6-8-22)27-16-20-9-10-23(26-15-20)30-13-14-31-19(2)17-30;/h4-10,15,19,21H,3,11-14,16-18H2,1-2H3,(H2,25,27,28);1H. The number of aliphatic imine (C=N–C) groups is 1. The summed E-state index contributed by atoms with van der Waals surface area (Å²) in [4.78, 5) is 14.2. The van der Waals surface area contributed by atoms with Crippen molar-refractivity contribution in [3.63, 3.8) is 0 Å². The van der Waals surface area contributed by atoms with E-state index in [1.807, 2.05) is 6.20 Å². The number of hydrogen-bond donors (Lipinski definition) is 2. The summed E-state index contributed by atoms with van der Waals surface area (Å²) in [5, 5.41) is 6.99. The summed E-state index contributed by atoms with van der Waals surface area (Å²) in [6, 6.07) is 15.2. The van der Waals surface area contributed by atoms with Gasteiger partial charge in [-0.1, -0.05) is 24.3 Å². The molecule has 2 N–H and O–H groups in total. The number of nitrogens with one attached hydrogen (secondary N) is 2. The summed E-state index contributed by atoms with van der Waals surface area (Å²) >= 11 is 0. The van der Waals surface area contributed by atoms with E-state index in [0.29, 0.717) is 12.6 Å². The molecule has 0 aliphatic carbocycles. The van der Waals surface area contributed by atoms with Gasteiger partial charge in [0.25, 0.3) is 0 Å². The van der Waals surface area contributed by atoms with Gasteiger partial charge in [0.15, 0.2) is 5.96 Å². The van der Waals surface area contributed by atoms with Crippen LogP contribution in [0.3, 0.4) is 0 Å². The van der Waals surface area contributed by atoms with Gasteiger partial charge in [-0.2, -0.15) is 0 Å². The summed E-state index contributed by atoms with van der Waals surface area (Å²) in [6.07, 6.45) is 3.30. The van der Waals surface area contributed by atoms with Crippen molar-refractivity contribution in [3.05, 3.63) is 54.2 Å². The van der Waals surface area contributed by atoms with Crippen LogP contribution >= 0.6 is 24.0 Å². The van der Waals surface area contributed by atoms with E-state index in [-0.39, 0.29) is 30.1 Å². The summed E-state index contributed by atoms with van der Waals surface area (Å²) in [7, 11) is 0. The van der Waals surface area contributed by atoms with Crippen molar-refractivity contribution >= 4 is 41.4 Å². The number of guanidine groups is 1. The molecule has 2 fully saturated rings. The van der Waals surface area contributed by atoms with Gasteiger partial charge in [-0.05, 0) is 44.0 Å². The molecule has 0 radical (unpaired) electrons. The van der Waals surface area contributed by atoms with Crippen LogP contribution in [0.1, 0.15) is 25.8 Å². The first-order chi connectivity index (χ1) is 15.2. The van der Waals surface area contributed by atoms with Crippen LogP contribution in [0.15, 0.2) is 53.7 Å². The fraction of sp³-hybridized carbons (Fsp3) is 0.500. The summed E-state index contributed by atoms with van der Waals surface area (Å²) in [5.74, 6) is 1.88. The third-order valence-corrected chi connectivity index (χ3v) is 5.79. The number of morpholine rings is 1. The zero-order valence-corrected chi connectivity index (χ0v) is 21.4. The molecule has 32 heavy (non-hydrogen) atoms. The van der Waals surface area contributed by atoms with Crippen LogP contribution in [0.2, 0.25) is 0 Å². The second-order valence-electron chi connectivity index (χ2n) is 8.26. The number of para-hydroxylation sites is 1. The second kappa shape index (κ2) is 12.2. The largest absolute Gasteiger partial charge is 0.375 e. The lowest BCUT2D eigenvalue weighted by Crippen LogP contribution is -2.44. The molecule has 174 valence electrons. The Bertz CT molecular complexity index is 847. The normalized spacial score (nSPS) is 21.2. The molecule has 2 atom stereocenters. The highest BCUT2D eigenvalue weighted by Crippen LogP contribution is 2.20. The van der Waals surface area contributed by atoms with Crippen molar-refractivity contribution in [1.82, 2.24) is 15.6 Å². The molecule has 1 aromatic heterocycles. The molecule has 1 aromatic carbocycles. The van der Waals surface area contributed by atoms with Crippen LogP contribution in [0.4, 0.5) is 11.5 Å². The minimum atomic E-state index is 0. The fourth-order valence-corrected chi connectivity index (χ4v) is 4.16. The van der Waals surface area contributed by atoms with Crippen LogP contribution in [-0.2, 0) is 11.3 Å². The van der Waals surface area contributed by atoms with E-state index in [9.17, 15) is 0 Å². The van der Waals surface area contributed by atoms with Gasteiger partial charge in [0.1, 0.15) is 5.82 Å². The zero-order valence-electron chi connectivity index (χ0n) is 19.0. The Morgan fingerprint density at radius 1 is 1.12 bits per heavy atom. The molecule has 4 rings (SSSR count). The first-order valence-corrected chi connectivity index (χ1v) is 11.4. The fourth-order valence-electron chi connectivity index (χ4n) is 4.16. The average Bonchev–Trinajstić information content (AvgIpc) is 3.27. The number of halogens is 1. The van der Waals surface area contributed by atoms with Gasteiger partial charge < -0.3 is 25.2 Å². The summed E-state index contributed by atoms with van der Waals surface area (Å²) < 4.78 is 5.62. The van der Waals surface area contributed by atoms with Gasteiger partial charge in [-0.25, -0.2) is 9.98 Å². The van der Waals surface area contributed by atoms with E-state index in [0.717, 1.165) is 63.1 Å². The number of benzene rings is 1. The van der Waals surface area contributed by atoms with Gasteiger partial charge in [0.2, 0.25) is 0 Å². The Morgan fingerprint density at radius 2 is 1.97 bits per heavy atom. The molecule has 2 aromatic rings. The van der Waals surface area contributed by atoms with Crippen molar-refractivity contribution in [1.29, 1.82) is 0 Å². The van der Waals surface area contributed by atoms with Crippen molar-refractivity contribution in [2.75, 3.05) is 49.1 Å². The highest BCUT2D eigenvalue weighted by Gasteiger charge is 2.23. The van der Waals surface area contributed by atoms with E-state index in [1.54, 1.807) is 0 Å². The van der Waals surface area contributed by atoms with Crippen molar-refractivity contribution < 1.29 is 4.74 Å². The molecule has 0 saturated carbocycles. The number of ether oxygens (including phenoxy) is 1. The number of aromatic nitrogens is 1. The first-order valence-electron chi connectivity index (χ1n) is 11.4. The van der Waals surface area contributed by atoms with Crippen molar-refractivity contribution in [3.8, 4) is 0 Å². The number of anilines is 2. The molecular weight excluding hydrogens is 515 g/mol.